The largest absolute Gasteiger partial charge is 0.370 e. The van der Waals surface area contributed by atoms with Crippen molar-refractivity contribution in [1.82, 2.24) is 4.98 Å². The summed E-state index contributed by atoms with van der Waals surface area (Å²) in [4.78, 5) is 19.3. The van der Waals surface area contributed by atoms with Gasteiger partial charge in [-0.1, -0.05) is 0 Å². The third kappa shape index (κ3) is 3.72. The molecule has 2 aromatic carbocycles. The van der Waals surface area contributed by atoms with Gasteiger partial charge in [-0.25, -0.2) is 4.39 Å². The van der Waals surface area contributed by atoms with Crippen LogP contribution in [0.3, 0.4) is 0 Å². The minimum absolute atomic E-state index is 0.0196. The number of fused-ring (bicyclic) bond motifs is 1. The smallest absolute Gasteiger partial charge is 0.227 e. The second-order valence-corrected chi connectivity index (χ2v) is 8.80. The highest BCUT2D eigenvalue weighted by Crippen LogP contribution is 2.48. The lowest BCUT2D eigenvalue weighted by atomic mass is 9.65. The summed E-state index contributed by atoms with van der Waals surface area (Å²) < 4.78 is 13.8. The molecule has 5 rings (SSSR count). The van der Waals surface area contributed by atoms with Gasteiger partial charge >= 0.3 is 0 Å². The molecular formula is C25H23FN4O. The summed E-state index contributed by atoms with van der Waals surface area (Å²) in [7, 11) is 0. The lowest BCUT2D eigenvalue weighted by Crippen LogP contribution is -2.58. The van der Waals surface area contributed by atoms with Crippen LogP contribution in [0.25, 0.3) is 10.9 Å². The summed E-state index contributed by atoms with van der Waals surface area (Å²) in [6, 6.07) is 15.7. The highest BCUT2D eigenvalue weighted by molar-refractivity contribution is 5.93. The van der Waals surface area contributed by atoms with E-state index in [1.807, 2.05) is 6.07 Å². The summed E-state index contributed by atoms with van der Waals surface area (Å²) in [6.07, 6.45) is 5.58. The Kier molecular flexibility index (Phi) is 4.82. The molecule has 5 nitrogen and oxygen atoms in total. The predicted molar refractivity (Wildman–Crippen MR) is 118 cm³/mol. The van der Waals surface area contributed by atoms with E-state index in [1.54, 1.807) is 42.6 Å². The van der Waals surface area contributed by atoms with Crippen LogP contribution in [-0.2, 0) is 4.79 Å². The molecule has 0 atom stereocenters. The molecule has 0 radical (unpaired) electrons. The molecule has 3 aromatic rings. The normalized spacial score (nSPS) is 17.9. The van der Waals surface area contributed by atoms with E-state index in [1.165, 1.54) is 6.07 Å². The van der Waals surface area contributed by atoms with Gasteiger partial charge in [0.1, 0.15) is 5.82 Å². The number of benzene rings is 2. The Morgan fingerprint density at radius 1 is 1.13 bits per heavy atom. The fourth-order valence-corrected chi connectivity index (χ4v) is 4.99. The third-order valence-electron chi connectivity index (χ3n) is 6.77. The fourth-order valence-electron chi connectivity index (χ4n) is 4.99. The van der Waals surface area contributed by atoms with Crippen LogP contribution in [0, 0.1) is 28.5 Å². The van der Waals surface area contributed by atoms with Crippen molar-refractivity contribution in [3.05, 3.63) is 66.1 Å². The maximum absolute atomic E-state index is 13.8. The molecule has 1 saturated heterocycles. The topological polar surface area (TPSA) is 69.0 Å². The standard InChI is InChI=1S/C25H23FN4O/c26-19-3-6-22-21(13-19)23(9-12-28-22)30-15-25(16-30)10-7-18(8-11-25)24(31)29-20-4-1-17(14-27)2-5-20/h1-6,9,12-13,18H,7-8,10-11,15-16H2,(H,29,31). The fraction of sp³-hybridized carbons (Fsp3) is 0.320. The molecule has 2 aliphatic rings. The van der Waals surface area contributed by atoms with Gasteiger partial charge in [0, 0.05) is 47.4 Å². The number of pyridine rings is 1. The average Bonchev–Trinajstić information content (AvgIpc) is 2.77. The number of rotatable bonds is 3. The van der Waals surface area contributed by atoms with E-state index in [2.05, 4.69) is 21.3 Å². The van der Waals surface area contributed by atoms with Crippen LogP contribution in [-0.4, -0.2) is 24.0 Å². The molecule has 1 N–H and O–H groups in total. The molecular weight excluding hydrogens is 391 g/mol. The van der Waals surface area contributed by atoms with Crippen molar-refractivity contribution >= 4 is 28.2 Å². The molecule has 2 heterocycles. The van der Waals surface area contributed by atoms with Crippen LogP contribution in [0.5, 0.6) is 0 Å². The number of hydrogen-bond acceptors (Lipinski definition) is 4. The molecule has 31 heavy (non-hydrogen) atoms. The second-order valence-electron chi connectivity index (χ2n) is 8.80. The predicted octanol–water partition coefficient (Wildman–Crippen LogP) is 4.88. The number of amides is 1. The minimum Gasteiger partial charge on any atom is -0.370 e. The molecule has 1 amide bonds. The van der Waals surface area contributed by atoms with Crippen molar-refractivity contribution in [3.63, 3.8) is 0 Å². The first-order valence-corrected chi connectivity index (χ1v) is 10.7. The van der Waals surface area contributed by atoms with Gasteiger partial charge in [-0.15, -0.1) is 0 Å². The summed E-state index contributed by atoms with van der Waals surface area (Å²) in [5, 5.41) is 12.7. The molecule has 156 valence electrons. The van der Waals surface area contributed by atoms with Crippen LogP contribution in [0.4, 0.5) is 15.8 Å². The number of aromatic nitrogens is 1. The summed E-state index contributed by atoms with van der Waals surface area (Å²) in [5.74, 6) is -0.164. The van der Waals surface area contributed by atoms with Crippen LogP contribution in [0.15, 0.2) is 54.7 Å². The molecule has 1 aliphatic heterocycles. The zero-order valence-electron chi connectivity index (χ0n) is 17.1. The van der Waals surface area contributed by atoms with Crippen molar-refractivity contribution in [3.8, 4) is 6.07 Å². The molecule has 0 unspecified atom stereocenters. The number of hydrogen-bond donors (Lipinski definition) is 1. The summed E-state index contributed by atoms with van der Waals surface area (Å²) >= 11 is 0. The van der Waals surface area contributed by atoms with Crippen LogP contribution < -0.4 is 10.2 Å². The van der Waals surface area contributed by atoms with Gasteiger partial charge < -0.3 is 10.2 Å². The van der Waals surface area contributed by atoms with Crippen LogP contribution >= 0.6 is 0 Å². The molecule has 1 spiro atoms. The van der Waals surface area contributed by atoms with Gasteiger partial charge in [0.05, 0.1) is 17.1 Å². The van der Waals surface area contributed by atoms with E-state index in [0.717, 1.165) is 61.1 Å². The van der Waals surface area contributed by atoms with E-state index in [9.17, 15) is 9.18 Å². The van der Waals surface area contributed by atoms with E-state index in [0.29, 0.717) is 5.56 Å². The number of anilines is 2. The van der Waals surface area contributed by atoms with Gasteiger partial charge in [-0.3, -0.25) is 9.78 Å². The Balaban J connectivity index is 1.20. The van der Waals surface area contributed by atoms with Crippen LogP contribution in [0.2, 0.25) is 0 Å². The quantitative estimate of drug-likeness (QED) is 0.663. The van der Waals surface area contributed by atoms with Crippen molar-refractivity contribution in [2.24, 2.45) is 11.3 Å². The molecule has 1 saturated carbocycles. The van der Waals surface area contributed by atoms with Crippen molar-refractivity contribution in [2.75, 3.05) is 23.3 Å². The number of nitriles is 1. The first kappa shape index (κ1) is 19.5. The zero-order valence-corrected chi connectivity index (χ0v) is 17.1. The van der Waals surface area contributed by atoms with Gasteiger partial charge in [0.2, 0.25) is 5.91 Å². The first-order chi connectivity index (χ1) is 15.0. The molecule has 6 heteroatoms. The maximum atomic E-state index is 13.8. The highest BCUT2D eigenvalue weighted by Gasteiger charge is 2.46. The highest BCUT2D eigenvalue weighted by atomic mass is 19.1. The Morgan fingerprint density at radius 2 is 1.87 bits per heavy atom. The molecule has 2 fully saturated rings. The monoisotopic (exact) mass is 414 g/mol. The number of nitrogens with one attached hydrogen (secondary N) is 1. The number of carbonyl (C=O) groups is 1. The first-order valence-electron chi connectivity index (χ1n) is 10.7. The van der Waals surface area contributed by atoms with Crippen LogP contribution in [0.1, 0.15) is 31.2 Å². The van der Waals surface area contributed by atoms with Crippen molar-refractivity contribution < 1.29 is 9.18 Å². The molecule has 0 bridgehead atoms. The lowest BCUT2D eigenvalue weighted by Gasteiger charge is -2.54. The minimum atomic E-state index is -0.245. The van der Waals surface area contributed by atoms with E-state index in [-0.39, 0.29) is 23.1 Å². The van der Waals surface area contributed by atoms with Gasteiger partial charge in [0.15, 0.2) is 0 Å². The SMILES string of the molecule is N#Cc1ccc(NC(=O)C2CCC3(CC2)CN(c2ccnc4ccc(F)cc24)C3)cc1. The van der Waals surface area contributed by atoms with Gasteiger partial charge in [0.25, 0.3) is 0 Å². The second kappa shape index (κ2) is 7.66. The Morgan fingerprint density at radius 3 is 2.58 bits per heavy atom. The zero-order chi connectivity index (χ0) is 21.4. The van der Waals surface area contributed by atoms with Gasteiger partial charge in [-0.05, 0) is 74.2 Å². The Bertz CT molecular complexity index is 1170. The molecule has 1 aliphatic carbocycles. The molecule has 1 aromatic heterocycles. The lowest BCUT2D eigenvalue weighted by molar-refractivity contribution is -0.121. The van der Waals surface area contributed by atoms with E-state index < -0.39 is 0 Å². The Labute approximate surface area is 180 Å². The Hall–Kier alpha value is -3.46. The number of carbonyl (C=O) groups excluding carboxylic acids is 1. The summed E-state index contributed by atoms with van der Waals surface area (Å²) in [6.45, 7) is 1.87. The van der Waals surface area contributed by atoms with Crippen molar-refractivity contribution in [1.29, 1.82) is 5.26 Å². The number of halogens is 1. The van der Waals surface area contributed by atoms with Gasteiger partial charge in [-0.2, -0.15) is 5.26 Å². The van der Waals surface area contributed by atoms with Crippen molar-refractivity contribution in [2.45, 2.75) is 25.7 Å². The average molecular weight is 414 g/mol. The third-order valence-corrected chi connectivity index (χ3v) is 6.77. The summed E-state index contributed by atoms with van der Waals surface area (Å²) in [5.41, 5.74) is 3.40. The van der Waals surface area contributed by atoms with E-state index in [4.69, 9.17) is 5.26 Å². The number of nitrogens with zero attached hydrogens (tertiary/aromatic N) is 3. The maximum Gasteiger partial charge on any atom is 0.227 e. The van der Waals surface area contributed by atoms with E-state index >= 15 is 0 Å².